The third-order valence-electron chi connectivity index (χ3n) is 7.81. The van der Waals surface area contributed by atoms with Crippen molar-refractivity contribution in [3.8, 4) is 0 Å². The van der Waals surface area contributed by atoms with Crippen molar-refractivity contribution in [1.29, 1.82) is 0 Å². The number of benzene rings is 1. The van der Waals surface area contributed by atoms with E-state index in [4.69, 9.17) is 0 Å². The standard InChI is InChI=1S/C33H48F2N4O7S/c1-5-8-13-27(37-21(4)40)30(41)31(42)28(17-22-15-24(34)18-25(35)16-22)38-33(44)29(39-32(43)23-12-9-14-36-19-23)20-47(45,46)26(10-6-2)11-7-3/h9,12,14-16,18-19,26-31,41-42H,5-8,10-11,13,17,20H2,1-4H3,(H,37,40)(H,38,44)(H,39,43)/t27-,28+,29-,30-,31-/m1/s1. The van der Waals surface area contributed by atoms with Gasteiger partial charge in [0.15, 0.2) is 9.84 Å². The summed E-state index contributed by atoms with van der Waals surface area (Å²) in [7, 11) is -3.95. The number of aliphatic hydroxyl groups is 2. The molecule has 0 saturated heterocycles. The monoisotopic (exact) mass is 682 g/mol. The predicted octanol–water partition coefficient (Wildman–Crippen LogP) is 2.99. The van der Waals surface area contributed by atoms with Crippen molar-refractivity contribution in [2.24, 2.45) is 0 Å². The zero-order valence-corrected chi connectivity index (χ0v) is 28.2. The van der Waals surface area contributed by atoms with Crippen LogP contribution in [0.1, 0.15) is 88.6 Å². The molecular weight excluding hydrogens is 634 g/mol. The molecule has 3 amide bonds. The molecule has 0 radical (unpaired) electrons. The Morgan fingerprint density at radius 1 is 0.872 bits per heavy atom. The van der Waals surface area contributed by atoms with E-state index in [9.17, 15) is 41.8 Å². The molecule has 5 atom stereocenters. The molecule has 0 bridgehead atoms. The molecule has 1 aromatic heterocycles. The Bertz CT molecular complexity index is 1390. The number of nitrogens with one attached hydrogen (secondary N) is 3. The topological polar surface area (TPSA) is 175 Å². The van der Waals surface area contributed by atoms with Crippen molar-refractivity contribution in [2.75, 3.05) is 5.75 Å². The number of unbranched alkanes of at least 4 members (excludes halogenated alkanes) is 1. The third kappa shape index (κ3) is 12.9. The Kier molecular flexibility index (Phi) is 16.3. The molecule has 1 aromatic carbocycles. The van der Waals surface area contributed by atoms with Crippen LogP contribution in [-0.2, 0) is 25.8 Å². The van der Waals surface area contributed by atoms with Crippen molar-refractivity contribution in [1.82, 2.24) is 20.9 Å². The average molecular weight is 683 g/mol. The predicted molar refractivity (Wildman–Crippen MR) is 174 cm³/mol. The lowest BCUT2D eigenvalue weighted by Crippen LogP contribution is -2.60. The molecule has 11 nitrogen and oxygen atoms in total. The van der Waals surface area contributed by atoms with E-state index in [-0.39, 0.29) is 24.0 Å². The summed E-state index contributed by atoms with van der Waals surface area (Å²) in [6.07, 6.45) is 2.29. The first-order valence-corrected chi connectivity index (χ1v) is 17.7. The number of sulfone groups is 1. The van der Waals surface area contributed by atoms with Crippen LogP contribution in [0, 0.1) is 11.6 Å². The fourth-order valence-corrected chi connectivity index (χ4v) is 7.61. The smallest absolute Gasteiger partial charge is 0.253 e. The molecule has 0 fully saturated rings. The van der Waals surface area contributed by atoms with Crippen molar-refractivity contribution >= 4 is 27.6 Å². The molecule has 47 heavy (non-hydrogen) atoms. The molecule has 1 heterocycles. The summed E-state index contributed by atoms with van der Waals surface area (Å²) in [4.78, 5) is 42.8. The van der Waals surface area contributed by atoms with Crippen LogP contribution in [0.25, 0.3) is 0 Å². The van der Waals surface area contributed by atoms with E-state index in [2.05, 4.69) is 20.9 Å². The van der Waals surface area contributed by atoms with E-state index < -0.39 is 80.5 Å². The third-order valence-corrected chi connectivity index (χ3v) is 10.1. The number of amides is 3. The van der Waals surface area contributed by atoms with Gasteiger partial charge in [-0.1, -0.05) is 46.5 Å². The SMILES string of the molecule is CCCC[C@@H](NC(C)=O)[C@@H](O)[C@H](O)[C@H](Cc1cc(F)cc(F)c1)NC(=O)[C@@H](CS(=O)(=O)C(CCC)CCC)NC(=O)c1cccnc1. The van der Waals surface area contributed by atoms with Gasteiger partial charge in [0.2, 0.25) is 11.8 Å². The van der Waals surface area contributed by atoms with Crippen LogP contribution < -0.4 is 16.0 Å². The van der Waals surface area contributed by atoms with Gasteiger partial charge in [0.25, 0.3) is 5.91 Å². The van der Waals surface area contributed by atoms with Crippen LogP contribution in [0.2, 0.25) is 0 Å². The van der Waals surface area contributed by atoms with Crippen LogP contribution in [0.3, 0.4) is 0 Å². The van der Waals surface area contributed by atoms with Gasteiger partial charge in [-0.2, -0.15) is 0 Å². The molecule has 0 aliphatic carbocycles. The van der Waals surface area contributed by atoms with E-state index in [0.717, 1.165) is 12.1 Å². The summed E-state index contributed by atoms with van der Waals surface area (Å²) in [5.41, 5.74) is 0.0934. The van der Waals surface area contributed by atoms with Gasteiger partial charge in [-0.25, -0.2) is 17.2 Å². The molecule has 262 valence electrons. The molecule has 14 heteroatoms. The van der Waals surface area contributed by atoms with Gasteiger partial charge in [0.1, 0.15) is 29.9 Å². The van der Waals surface area contributed by atoms with E-state index in [1.54, 1.807) is 0 Å². The fourth-order valence-electron chi connectivity index (χ4n) is 5.45. The summed E-state index contributed by atoms with van der Waals surface area (Å²) >= 11 is 0. The molecule has 0 aliphatic heterocycles. The van der Waals surface area contributed by atoms with Gasteiger partial charge in [0, 0.05) is 25.4 Å². The molecule has 5 N–H and O–H groups in total. The number of halogens is 2. The number of rotatable bonds is 20. The molecule has 0 aliphatic rings. The maximum absolute atomic E-state index is 14.1. The Morgan fingerprint density at radius 2 is 1.49 bits per heavy atom. The number of carbonyl (C=O) groups is 3. The van der Waals surface area contributed by atoms with Gasteiger partial charge in [0.05, 0.1) is 28.6 Å². The van der Waals surface area contributed by atoms with E-state index in [1.807, 2.05) is 20.8 Å². The Hall–Kier alpha value is -3.49. The highest BCUT2D eigenvalue weighted by Crippen LogP contribution is 2.19. The zero-order chi connectivity index (χ0) is 35.1. The van der Waals surface area contributed by atoms with Crippen LogP contribution >= 0.6 is 0 Å². The van der Waals surface area contributed by atoms with E-state index in [0.29, 0.717) is 44.6 Å². The second kappa shape index (κ2) is 19.4. The number of carbonyl (C=O) groups excluding carboxylic acids is 3. The van der Waals surface area contributed by atoms with Crippen LogP contribution in [0.5, 0.6) is 0 Å². The molecule has 0 saturated carbocycles. The Labute approximate surface area is 275 Å². The first-order chi connectivity index (χ1) is 22.2. The number of pyridine rings is 1. The lowest BCUT2D eigenvalue weighted by Gasteiger charge is -2.33. The number of hydrogen-bond acceptors (Lipinski definition) is 8. The number of aliphatic hydroxyl groups excluding tert-OH is 2. The second-order valence-corrected chi connectivity index (χ2v) is 14.1. The van der Waals surface area contributed by atoms with Crippen molar-refractivity contribution in [2.45, 2.75) is 115 Å². The summed E-state index contributed by atoms with van der Waals surface area (Å²) in [6.45, 7) is 6.82. The van der Waals surface area contributed by atoms with Crippen molar-refractivity contribution in [3.63, 3.8) is 0 Å². The minimum atomic E-state index is -3.95. The average Bonchev–Trinajstić information content (AvgIpc) is 3.01. The summed E-state index contributed by atoms with van der Waals surface area (Å²) in [6, 6.07) is 1.56. The van der Waals surface area contributed by atoms with Gasteiger partial charge >= 0.3 is 0 Å². The molecule has 0 spiro atoms. The first-order valence-electron chi connectivity index (χ1n) is 16.0. The Morgan fingerprint density at radius 3 is 2.02 bits per heavy atom. The number of hydrogen-bond donors (Lipinski definition) is 5. The summed E-state index contributed by atoms with van der Waals surface area (Å²) in [5, 5.41) is 29.4. The minimum Gasteiger partial charge on any atom is -0.388 e. The van der Waals surface area contributed by atoms with Crippen LogP contribution in [0.15, 0.2) is 42.7 Å². The highest BCUT2D eigenvalue weighted by atomic mass is 32.2. The molecule has 2 rings (SSSR count). The lowest BCUT2D eigenvalue weighted by molar-refractivity contribution is -0.126. The fraction of sp³-hybridized carbons (Fsp3) is 0.576. The maximum atomic E-state index is 14.1. The molecular formula is C33H48F2N4O7S. The van der Waals surface area contributed by atoms with Crippen molar-refractivity contribution in [3.05, 3.63) is 65.5 Å². The number of nitrogens with zero attached hydrogens (tertiary/aromatic N) is 1. The van der Waals surface area contributed by atoms with Gasteiger partial charge < -0.3 is 26.2 Å². The van der Waals surface area contributed by atoms with Crippen molar-refractivity contribution < 1.29 is 41.8 Å². The number of aromatic nitrogens is 1. The van der Waals surface area contributed by atoms with E-state index in [1.165, 1.54) is 31.5 Å². The van der Waals surface area contributed by atoms with Crippen LogP contribution in [0.4, 0.5) is 8.78 Å². The normalized spacial score (nSPS) is 14.9. The van der Waals surface area contributed by atoms with Gasteiger partial charge in [-0.15, -0.1) is 0 Å². The Balaban J connectivity index is 2.52. The molecule has 0 unspecified atom stereocenters. The lowest BCUT2D eigenvalue weighted by atomic mass is 9.91. The molecule has 2 aromatic rings. The highest BCUT2D eigenvalue weighted by molar-refractivity contribution is 7.92. The van der Waals surface area contributed by atoms with Crippen LogP contribution in [-0.4, -0.2) is 82.7 Å². The second-order valence-electron chi connectivity index (χ2n) is 11.8. The largest absolute Gasteiger partial charge is 0.388 e. The highest BCUT2D eigenvalue weighted by Gasteiger charge is 2.37. The van der Waals surface area contributed by atoms with E-state index >= 15 is 0 Å². The maximum Gasteiger partial charge on any atom is 0.253 e. The quantitative estimate of drug-likeness (QED) is 0.142. The van der Waals surface area contributed by atoms with Gasteiger partial charge in [-0.05, 0) is 55.5 Å². The first kappa shape index (κ1) is 39.7. The minimum absolute atomic E-state index is 0.0261. The van der Waals surface area contributed by atoms with Gasteiger partial charge in [-0.3, -0.25) is 19.4 Å². The summed E-state index contributed by atoms with van der Waals surface area (Å²) in [5.74, 6) is -4.83. The summed E-state index contributed by atoms with van der Waals surface area (Å²) < 4.78 is 55.4. The zero-order valence-electron chi connectivity index (χ0n) is 27.4.